The van der Waals surface area contributed by atoms with E-state index in [4.69, 9.17) is 10.2 Å². The SMILES string of the molecule is CC(NC(C)(CO)CO)c1ccc(Br)s1. The fraction of sp³-hybridized carbons (Fsp3) is 0.600. The van der Waals surface area contributed by atoms with E-state index in [1.165, 1.54) is 4.88 Å². The molecule has 15 heavy (non-hydrogen) atoms. The van der Waals surface area contributed by atoms with Crippen molar-refractivity contribution >= 4 is 27.3 Å². The van der Waals surface area contributed by atoms with Gasteiger partial charge in [-0.15, -0.1) is 11.3 Å². The lowest BCUT2D eigenvalue weighted by Gasteiger charge is -2.29. The highest BCUT2D eigenvalue weighted by molar-refractivity contribution is 9.11. The van der Waals surface area contributed by atoms with Gasteiger partial charge in [-0.2, -0.15) is 0 Å². The Morgan fingerprint density at radius 1 is 1.47 bits per heavy atom. The summed E-state index contributed by atoms with van der Waals surface area (Å²) in [5.41, 5.74) is -0.629. The van der Waals surface area contributed by atoms with Gasteiger partial charge < -0.3 is 15.5 Å². The Labute approximate surface area is 102 Å². The molecule has 1 unspecified atom stereocenters. The summed E-state index contributed by atoms with van der Waals surface area (Å²) in [5.74, 6) is 0. The molecule has 0 spiro atoms. The summed E-state index contributed by atoms with van der Waals surface area (Å²) in [7, 11) is 0. The molecule has 0 saturated carbocycles. The Morgan fingerprint density at radius 2 is 2.07 bits per heavy atom. The van der Waals surface area contributed by atoms with Crippen LogP contribution in [0.1, 0.15) is 24.8 Å². The topological polar surface area (TPSA) is 52.5 Å². The maximum atomic E-state index is 9.16. The molecule has 0 aliphatic carbocycles. The van der Waals surface area contributed by atoms with Crippen LogP contribution in [0, 0.1) is 0 Å². The third kappa shape index (κ3) is 3.53. The first-order valence-electron chi connectivity index (χ1n) is 4.75. The predicted molar refractivity (Wildman–Crippen MR) is 66.1 cm³/mol. The normalized spacial score (nSPS) is 14.2. The zero-order chi connectivity index (χ0) is 11.5. The lowest BCUT2D eigenvalue weighted by Crippen LogP contribution is -2.49. The van der Waals surface area contributed by atoms with E-state index in [0.29, 0.717) is 0 Å². The first kappa shape index (κ1) is 13.1. The molecule has 0 bridgehead atoms. The van der Waals surface area contributed by atoms with Crippen LogP contribution in [0.2, 0.25) is 0 Å². The molecular weight excluding hydrogens is 278 g/mol. The van der Waals surface area contributed by atoms with Gasteiger partial charge in [0.25, 0.3) is 0 Å². The summed E-state index contributed by atoms with van der Waals surface area (Å²) in [5, 5.41) is 21.5. The largest absolute Gasteiger partial charge is 0.394 e. The van der Waals surface area contributed by atoms with Crippen molar-refractivity contribution < 1.29 is 10.2 Å². The second kappa shape index (κ2) is 5.41. The minimum absolute atomic E-state index is 0.0830. The molecule has 86 valence electrons. The van der Waals surface area contributed by atoms with Crippen LogP contribution in [0.5, 0.6) is 0 Å². The lowest BCUT2D eigenvalue weighted by atomic mass is 10.0. The molecule has 1 atom stereocenters. The molecule has 0 amide bonds. The van der Waals surface area contributed by atoms with Gasteiger partial charge in [-0.05, 0) is 41.9 Å². The Hall–Kier alpha value is 0.0600. The highest BCUT2D eigenvalue weighted by Gasteiger charge is 2.25. The quantitative estimate of drug-likeness (QED) is 0.777. The Morgan fingerprint density at radius 3 is 2.47 bits per heavy atom. The van der Waals surface area contributed by atoms with E-state index in [0.717, 1.165) is 3.79 Å². The second-order valence-corrected chi connectivity index (χ2v) is 6.38. The number of hydrogen-bond acceptors (Lipinski definition) is 4. The maximum absolute atomic E-state index is 9.16. The molecule has 1 aromatic heterocycles. The Balaban J connectivity index is 2.66. The number of halogens is 1. The lowest BCUT2D eigenvalue weighted by molar-refractivity contribution is 0.0961. The number of thiophene rings is 1. The van der Waals surface area contributed by atoms with Gasteiger partial charge in [-0.3, -0.25) is 0 Å². The first-order valence-corrected chi connectivity index (χ1v) is 6.36. The highest BCUT2D eigenvalue weighted by Crippen LogP contribution is 2.28. The molecule has 3 N–H and O–H groups in total. The summed E-state index contributed by atoms with van der Waals surface area (Å²) in [6, 6.07) is 4.14. The molecule has 0 aliphatic heterocycles. The van der Waals surface area contributed by atoms with Crippen molar-refractivity contribution in [2.24, 2.45) is 0 Å². The van der Waals surface area contributed by atoms with Crippen molar-refractivity contribution in [3.63, 3.8) is 0 Å². The standard InChI is InChI=1S/C10H16BrNO2S/c1-7(8-3-4-9(11)15-8)12-10(2,5-13)6-14/h3-4,7,12-14H,5-6H2,1-2H3. The van der Waals surface area contributed by atoms with Crippen molar-refractivity contribution in [1.82, 2.24) is 5.32 Å². The van der Waals surface area contributed by atoms with E-state index in [1.807, 2.05) is 19.1 Å². The molecule has 1 heterocycles. The summed E-state index contributed by atoms with van der Waals surface area (Å²) in [6.07, 6.45) is 0. The van der Waals surface area contributed by atoms with Crippen LogP contribution in [0.4, 0.5) is 0 Å². The molecule has 1 aromatic rings. The highest BCUT2D eigenvalue weighted by atomic mass is 79.9. The molecule has 0 fully saturated rings. The minimum Gasteiger partial charge on any atom is -0.394 e. The zero-order valence-electron chi connectivity index (χ0n) is 8.83. The Bertz CT molecular complexity index is 312. The van der Waals surface area contributed by atoms with Gasteiger partial charge in [0.05, 0.1) is 22.5 Å². The number of hydrogen-bond donors (Lipinski definition) is 3. The molecular formula is C10H16BrNO2S. The van der Waals surface area contributed by atoms with Gasteiger partial charge in [-0.25, -0.2) is 0 Å². The van der Waals surface area contributed by atoms with Gasteiger partial charge in [0.2, 0.25) is 0 Å². The number of nitrogens with one attached hydrogen (secondary N) is 1. The van der Waals surface area contributed by atoms with E-state index in [-0.39, 0.29) is 19.3 Å². The van der Waals surface area contributed by atoms with E-state index < -0.39 is 5.54 Å². The minimum atomic E-state index is -0.629. The zero-order valence-corrected chi connectivity index (χ0v) is 11.2. The van der Waals surface area contributed by atoms with Crippen LogP contribution < -0.4 is 5.32 Å². The van der Waals surface area contributed by atoms with E-state index in [1.54, 1.807) is 18.3 Å². The number of aliphatic hydroxyl groups is 2. The molecule has 0 aromatic carbocycles. The third-order valence-corrected chi connectivity index (χ3v) is 4.09. The smallest absolute Gasteiger partial charge is 0.0701 e. The average Bonchev–Trinajstić information content (AvgIpc) is 2.65. The van der Waals surface area contributed by atoms with Gasteiger partial charge in [-0.1, -0.05) is 0 Å². The summed E-state index contributed by atoms with van der Waals surface area (Å²) in [6.45, 7) is 3.65. The monoisotopic (exact) mass is 293 g/mol. The van der Waals surface area contributed by atoms with Crippen molar-refractivity contribution in [3.05, 3.63) is 20.8 Å². The summed E-state index contributed by atoms with van der Waals surface area (Å²) >= 11 is 5.05. The van der Waals surface area contributed by atoms with Crippen molar-refractivity contribution in [2.45, 2.75) is 25.4 Å². The molecule has 0 radical (unpaired) electrons. The van der Waals surface area contributed by atoms with Crippen molar-refractivity contribution in [3.8, 4) is 0 Å². The van der Waals surface area contributed by atoms with E-state index in [2.05, 4.69) is 21.2 Å². The fourth-order valence-electron chi connectivity index (χ4n) is 1.30. The summed E-state index contributed by atoms with van der Waals surface area (Å²) < 4.78 is 1.08. The third-order valence-electron chi connectivity index (χ3n) is 2.28. The van der Waals surface area contributed by atoms with Crippen LogP contribution in [0.25, 0.3) is 0 Å². The average molecular weight is 294 g/mol. The number of rotatable bonds is 5. The van der Waals surface area contributed by atoms with Crippen LogP contribution in [-0.2, 0) is 0 Å². The Kier molecular flexibility index (Phi) is 4.73. The predicted octanol–water partition coefficient (Wildman–Crippen LogP) is 1.90. The molecule has 0 saturated heterocycles. The van der Waals surface area contributed by atoms with Crippen LogP contribution in [0.15, 0.2) is 15.9 Å². The maximum Gasteiger partial charge on any atom is 0.0701 e. The van der Waals surface area contributed by atoms with Gasteiger partial charge in [0.15, 0.2) is 0 Å². The van der Waals surface area contributed by atoms with Crippen LogP contribution in [0.3, 0.4) is 0 Å². The van der Waals surface area contributed by atoms with Gasteiger partial charge in [0.1, 0.15) is 0 Å². The summed E-state index contributed by atoms with van der Waals surface area (Å²) in [4.78, 5) is 1.18. The molecule has 1 rings (SSSR count). The fourth-order valence-corrected chi connectivity index (χ4v) is 2.72. The second-order valence-electron chi connectivity index (χ2n) is 3.88. The molecule has 3 nitrogen and oxygen atoms in total. The van der Waals surface area contributed by atoms with Gasteiger partial charge in [0, 0.05) is 10.9 Å². The van der Waals surface area contributed by atoms with Crippen molar-refractivity contribution in [2.75, 3.05) is 13.2 Å². The van der Waals surface area contributed by atoms with Gasteiger partial charge >= 0.3 is 0 Å². The van der Waals surface area contributed by atoms with Crippen molar-refractivity contribution in [1.29, 1.82) is 0 Å². The van der Waals surface area contributed by atoms with Crippen LogP contribution in [-0.4, -0.2) is 29.0 Å². The molecule has 5 heteroatoms. The van der Waals surface area contributed by atoms with E-state index in [9.17, 15) is 0 Å². The van der Waals surface area contributed by atoms with E-state index >= 15 is 0 Å². The number of aliphatic hydroxyl groups excluding tert-OH is 2. The molecule has 0 aliphatic rings. The van der Waals surface area contributed by atoms with Crippen LogP contribution >= 0.6 is 27.3 Å². The first-order chi connectivity index (χ1) is 7.00.